The van der Waals surface area contributed by atoms with E-state index >= 15 is 0 Å². The molecule has 0 amide bonds. The van der Waals surface area contributed by atoms with Crippen LogP contribution in [0.3, 0.4) is 0 Å². The van der Waals surface area contributed by atoms with Crippen molar-refractivity contribution in [2.24, 2.45) is 17.3 Å². The summed E-state index contributed by atoms with van der Waals surface area (Å²) < 4.78 is 0. The van der Waals surface area contributed by atoms with Gasteiger partial charge in [0.25, 0.3) is 0 Å². The molecule has 0 nitrogen and oxygen atoms in total. The molecule has 0 bridgehead atoms. The summed E-state index contributed by atoms with van der Waals surface area (Å²) in [6, 6.07) is 0. The van der Waals surface area contributed by atoms with Crippen molar-refractivity contribution in [3.63, 3.8) is 0 Å². The van der Waals surface area contributed by atoms with Crippen molar-refractivity contribution >= 4 is 0 Å². The van der Waals surface area contributed by atoms with E-state index < -0.39 is 0 Å². The number of hydrogen-bond donors (Lipinski definition) is 0. The molecule has 0 aromatic heterocycles. The van der Waals surface area contributed by atoms with Crippen LogP contribution in [0.1, 0.15) is 73.6 Å². The van der Waals surface area contributed by atoms with Crippen LogP contribution in [0.5, 0.6) is 0 Å². The van der Waals surface area contributed by atoms with E-state index in [1.807, 2.05) is 0 Å². The van der Waals surface area contributed by atoms with Gasteiger partial charge < -0.3 is 0 Å². The fourth-order valence-corrected chi connectivity index (χ4v) is 1.72. The Morgan fingerprint density at radius 3 is 2.00 bits per heavy atom. The molecule has 0 rings (SSSR count). The third-order valence-electron chi connectivity index (χ3n) is 4.28. The highest BCUT2D eigenvalue weighted by atomic mass is 14.3. The van der Waals surface area contributed by atoms with Gasteiger partial charge >= 0.3 is 0 Å². The molecule has 0 aromatic rings. The molecule has 0 saturated carbocycles. The molecule has 0 heteroatoms. The van der Waals surface area contributed by atoms with E-state index in [1.54, 1.807) is 0 Å². The second kappa shape index (κ2) is 6.48. The zero-order valence-corrected chi connectivity index (χ0v) is 11.2. The fourth-order valence-electron chi connectivity index (χ4n) is 1.72. The maximum Gasteiger partial charge on any atom is -0.0331 e. The van der Waals surface area contributed by atoms with Crippen LogP contribution in [0.25, 0.3) is 0 Å². The highest BCUT2D eigenvalue weighted by molar-refractivity contribution is 4.73. The van der Waals surface area contributed by atoms with Gasteiger partial charge in [0.05, 0.1) is 0 Å². The predicted molar refractivity (Wildman–Crippen MR) is 66.5 cm³/mol. The first-order valence-corrected chi connectivity index (χ1v) is 6.44. The Morgan fingerprint density at radius 1 is 1.00 bits per heavy atom. The van der Waals surface area contributed by atoms with Gasteiger partial charge in [-0.15, -0.1) is 0 Å². The largest absolute Gasteiger partial charge is 0.0651 e. The van der Waals surface area contributed by atoms with Crippen LogP contribution in [0, 0.1) is 17.3 Å². The second-order valence-electron chi connectivity index (χ2n) is 5.69. The molecule has 0 heterocycles. The lowest BCUT2D eigenvalue weighted by Gasteiger charge is -2.31. The van der Waals surface area contributed by atoms with Crippen LogP contribution >= 0.6 is 0 Å². The Morgan fingerprint density at radius 2 is 1.57 bits per heavy atom. The van der Waals surface area contributed by atoms with Gasteiger partial charge in [-0.2, -0.15) is 0 Å². The number of hydrogen-bond acceptors (Lipinski definition) is 0. The van der Waals surface area contributed by atoms with Crippen molar-refractivity contribution in [3.8, 4) is 0 Å². The maximum absolute atomic E-state index is 2.42. The summed E-state index contributed by atoms with van der Waals surface area (Å²) in [5.41, 5.74) is 0.537. The molecule has 0 aliphatic carbocycles. The smallest absolute Gasteiger partial charge is 0.0331 e. The monoisotopic (exact) mass is 198 g/mol. The topological polar surface area (TPSA) is 0 Å². The predicted octanol–water partition coefficient (Wildman–Crippen LogP) is 5.28. The molecule has 0 aliphatic rings. The van der Waals surface area contributed by atoms with Crippen LogP contribution in [-0.4, -0.2) is 0 Å². The Kier molecular flexibility index (Phi) is 6.48. The van der Waals surface area contributed by atoms with Crippen molar-refractivity contribution in [1.29, 1.82) is 0 Å². The molecule has 2 unspecified atom stereocenters. The second-order valence-corrected chi connectivity index (χ2v) is 5.69. The lowest BCUT2D eigenvalue weighted by molar-refractivity contribution is 0.202. The molecule has 14 heavy (non-hydrogen) atoms. The van der Waals surface area contributed by atoms with E-state index in [2.05, 4.69) is 41.5 Å². The Labute approximate surface area is 91.5 Å². The summed E-state index contributed by atoms with van der Waals surface area (Å²) >= 11 is 0. The van der Waals surface area contributed by atoms with E-state index in [4.69, 9.17) is 0 Å². The quantitative estimate of drug-likeness (QED) is 0.522. The molecule has 0 saturated heterocycles. The van der Waals surface area contributed by atoms with Crippen molar-refractivity contribution in [2.45, 2.75) is 73.6 Å². The fraction of sp³-hybridized carbons (Fsp3) is 1.00. The van der Waals surface area contributed by atoms with E-state index in [0.717, 1.165) is 11.8 Å². The standard InChI is InChI=1S/C14H30/c1-7-12(3)10-9-11-13(4)14(5,6)8-2/h12-13H,7-11H2,1-6H3. The van der Waals surface area contributed by atoms with E-state index in [1.165, 1.54) is 32.1 Å². The molecular formula is C14H30. The molecule has 0 radical (unpaired) electrons. The minimum absolute atomic E-state index is 0.537. The minimum atomic E-state index is 0.537. The van der Waals surface area contributed by atoms with Gasteiger partial charge in [0.1, 0.15) is 0 Å². The summed E-state index contributed by atoms with van der Waals surface area (Å²) in [6.45, 7) is 14.2. The first-order chi connectivity index (χ1) is 6.44. The van der Waals surface area contributed by atoms with Gasteiger partial charge in [-0.25, -0.2) is 0 Å². The van der Waals surface area contributed by atoms with Crippen LogP contribution < -0.4 is 0 Å². The summed E-state index contributed by atoms with van der Waals surface area (Å²) in [7, 11) is 0. The first kappa shape index (κ1) is 14.0. The lowest BCUT2D eigenvalue weighted by atomic mass is 9.75. The number of rotatable bonds is 7. The van der Waals surface area contributed by atoms with Gasteiger partial charge in [0.15, 0.2) is 0 Å². The Balaban J connectivity index is 3.69. The zero-order chi connectivity index (χ0) is 11.2. The normalized spacial score (nSPS) is 16.7. The van der Waals surface area contributed by atoms with Crippen molar-refractivity contribution in [3.05, 3.63) is 0 Å². The third-order valence-corrected chi connectivity index (χ3v) is 4.28. The van der Waals surface area contributed by atoms with Crippen LogP contribution in [-0.2, 0) is 0 Å². The molecule has 0 N–H and O–H groups in total. The maximum atomic E-state index is 2.42. The Hall–Kier alpha value is 0. The third kappa shape index (κ3) is 5.02. The summed E-state index contributed by atoms with van der Waals surface area (Å²) in [4.78, 5) is 0. The van der Waals surface area contributed by atoms with Crippen LogP contribution in [0.15, 0.2) is 0 Å². The molecular weight excluding hydrogens is 168 g/mol. The average molecular weight is 198 g/mol. The van der Waals surface area contributed by atoms with Gasteiger partial charge in [-0.05, 0) is 17.3 Å². The van der Waals surface area contributed by atoms with Gasteiger partial charge in [0, 0.05) is 0 Å². The highest BCUT2D eigenvalue weighted by Gasteiger charge is 2.22. The SMILES string of the molecule is CCC(C)CCCC(C)C(C)(C)CC. The van der Waals surface area contributed by atoms with E-state index in [-0.39, 0.29) is 0 Å². The molecule has 2 atom stereocenters. The summed E-state index contributed by atoms with van der Waals surface area (Å²) in [5.74, 6) is 1.79. The van der Waals surface area contributed by atoms with Crippen molar-refractivity contribution < 1.29 is 0 Å². The van der Waals surface area contributed by atoms with Crippen LogP contribution in [0.4, 0.5) is 0 Å². The average Bonchev–Trinajstić information content (AvgIpc) is 2.17. The van der Waals surface area contributed by atoms with Gasteiger partial charge in [0.2, 0.25) is 0 Å². The lowest BCUT2D eigenvalue weighted by Crippen LogP contribution is -2.20. The van der Waals surface area contributed by atoms with Crippen molar-refractivity contribution in [2.75, 3.05) is 0 Å². The van der Waals surface area contributed by atoms with E-state index in [9.17, 15) is 0 Å². The summed E-state index contributed by atoms with van der Waals surface area (Å²) in [6.07, 6.45) is 6.88. The Bertz CT molecular complexity index is 135. The highest BCUT2D eigenvalue weighted by Crippen LogP contribution is 2.33. The summed E-state index contributed by atoms with van der Waals surface area (Å²) in [5, 5.41) is 0. The van der Waals surface area contributed by atoms with E-state index in [0.29, 0.717) is 5.41 Å². The molecule has 0 aliphatic heterocycles. The molecule has 86 valence electrons. The van der Waals surface area contributed by atoms with Gasteiger partial charge in [-0.3, -0.25) is 0 Å². The molecule has 0 spiro atoms. The zero-order valence-electron chi connectivity index (χ0n) is 11.2. The first-order valence-electron chi connectivity index (χ1n) is 6.44. The molecule has 0 fully saturated rings. The molecule has 0 aromatic carbocycles. The van der Waals surface area contributed by atoms with Crippen LogP contribution in [0.2, 0.25) is 0 Å². The van der Waals surface area contributed by atoms with Crippen molar-refractivity contribution in [1.82, 2.24) is 0 Å². The minimum Gasteiger partial charge on any atom is -0.0651 e. The van der Waals surface area contributed by atoms with Gasteiger partial charge in [-0.1, -0.05) is 73.6 Å².